The van der Waals surface area contributed by atoms with Crippen LogP contribution in [0.15, 0.2) is 29.4 Å². The van der Waals surface area contributed by atoms with Gasteiger partial charge in [0, 0.05) is 38.4 Å². The van der Waals surface area contributed by atoms with Gasteiger partial charge in [0.1, 0.15) is 0 Å². The molecule has 3 heterocycles. The van der Waals surface area contributed by atoms with Gasteiger partial charge in [0.2, 0.25) is 5.91 Å². The molecule has 5 nitrogen and oxygen atoms in total. The Morgan fingerprint density at radius 2 is 2.13 bits per heavy atom. The van der Waals surface area contributed by atoms with Gasteiger partial charge in [-0.05, 0) is 31.4 Å². The van der Waals surface area contributed by atoms with Crippen LogP contribution >= 0.6 is 11.8 Å². The van der Waals surface area contributed by atoms with Crippen molar-refractivity contribution in [1.82, 2.24) is 14.8 Å². The molecule has 0 radical (unpaired) electrons. The summed E-state index contributed by atoms with van der Waals surface area (Å²) in [6, 6.07) is 6.18. The normalized spacial score (nSPS) is 23.0. The fourth-order valence-corrected chi connectivity index (χ4v) is 4.00. The number of hydrogen-bond donors (Lipinski definition) is 0. The number of morpholine rings is 1. The van der Waals surface area contributed by atoms with Crippen molar-refractivity contribution in [2.24, 2.45) is 0 Å². The zero-order valence-electron chi connectivity index (χ0n) is 13.5. The topological polar surface area (TPSA) is 45.7 Å². The molecule has 1 unspecified atom stereocenters. The van der Waals surface area contributed by atoms with E-state index < -0.39 is 0 Å². The van der Waals surface area contributed by atoms with E-state index in [0.29, 0.717) is 11.8 Å². The number of thioether (sulfide) groups is 1. The largest absolute Gasteiger partial charge is 0.379 e. The van der Waals surface area contributed by atoms with E-state index in [2.05, 4.69) is 14.8 Å². The number of carbonyl (C=O) groups is 1. The Kier molecular flexibility index (Phi) is 6.30. The highest BCUT2D eigenvalue weighted by atomic mass is 32.2. The molecule has 0 saturated carbocycles. The van der Waals surface area contributed by atoms with Crippen LogP contribution in [0.1, 0.15) is 19.3 Å². The van der Waals surface area contributed by atoms with Crippen LogP contribution in [0.5, 0.6) is 0 Å². The predicted molar refractivity (Wildman–Crippen MR) is 91.6 cm³/mol. The second-order valence-corrected chi connectivity index (χ2v) is 7.10. The maximum Gasteiger partial charge on any atom is 0.233 e. The first-order valence-electron chi connectivity index (χ1n) is 8.46. The number of piperidine rings is 1. The van der Waals surface area contributed by atoms with E-state index in [1.165, 1.54) is 18.2 Å². The number of rotatable bonds is 5. The van der Waals surface area contributed by atoms with Gasteiger partial charge in [-0.2, -0.15) is 0 Å². The quantitative estimate of drug-likeness (QED) is 0.769. The maximum absolute atomic E-state index is 12.7. The molecule has 1 aromatic rings. The molecule has 1 aromatic heterocycles. The van der Waals surface area contributed by atoms with Gasteiger partial charge in [-0.15, -0.1) is 0 Å². The fraction of sp³-hybridized carbons (Fsp3) is 0.647. The van der Waals surface area contributed by atoms with Crippen molar-refractivity contribution in [3.63, 3.8) is 0 Å². The van der Waals surface area contributed by atoms with Gasteiger partial charge in [0.15, 0.2) is 0 Å². The third kappa shape index (κ3) is 4.93. The Bertz CT molecular complexity index is 494. The van der Waals surface area contributed by atoms with Crippen molar-refractivity contribution in [3.05, 3.63) is 24.4 Å². The highest BCUT2D eigenvalue weighted by molar-refractivity contribution is 7.99. The van der Waals surface area contributed by atoms with Gasteiger partial charge < -0.3 is 9.64 Å². The molecule has 2 aliphatic rings. The molecule has 2 saturated heterocycles. The molecule has 0 bridgehead atoms. The number of hydrogen-bond acceptors (Lipinski definition) is 5. The van der Waals surface area contributed by atoms with Crippen LogP contribution in [0.2, 0.25) is 0 Å². The minimum atomic E-state index is 0.249. The zero-order chi connectivity index (χ0) is 15.9. The number of aromatic nitrogens is 1. The van der Waals surface area contributed by atoms with Crippen molar-refractivity contribution in [2.75, 3.05) is 45.1 Å². The van der Waals surface area contributed by atoms with E-state index in [0.717, 1.165) is 57.3 Å². The van der Waals surface area contributed by atoms with Gasteiger partial charge in [-0.1, -0.05) is 17.8 Å². The first-order chi connectivity index (χ1) is 11.3. The van der Waals surface area contributed by atoms with E-state index >= 15 is 0 Å². The third-order valence-corrected chi connectivity index (χ3v) is 5.43. The highest BCUT2D eigenvalue weighted by Gasteiger charge is 2.28. The SMILES string of the molecule is O=C(CSc1ccccn1)N1CCCCC1CN1CCOCC1. The summed E-state index contributed by atoms with van der Waals surface area (Å²) in [6.45, 7) is 5.49. The zero-order valence-corrected chi connectivity index (χ0v) is 14.3. The molecule has 0 aliphatic carbocycles. The lowest BCUT2D eigenvalue weighted by Crippen LogP contribution is -2.51. The van der Waals surface area contributed by atoms with Crippen molar-refractivity contribution in [3.8, 4) is 0 Å². The standard InChI is InChI=1S/C17H25N3O2S/c21-17(14-23-16-6-1-3-7-18-16)20-8-4-2-5-15(20)13-19-9-11-22-12-10-19/h1,3,6-7,15H,2,4-5,8-14H2. The van der Waals surface area contributed by atoms with Crippen molar-refractivity contribution >= 4 is 17.7 Å². The van der Waals surface area contributed by atoms with Gasteiger partial charge in [0.05, 0.1) is 24.0 Å². The first kappa shape index (κ1) is 16.7. The Hall–Kier alpha value is -1.11. The van der Waals surface area contributed by atoms with Gasteiger partial charge >= 0.3 is 0 Å². The molecule has 1 amide bonds. The minimum absolute atomic E-state index is 0.249. The van der Waals surface area contributed by atoms with E-state index in [4.69, 9.17) is 4.74 Å². The Morgan fingerprint density at radius 3 is 2.91 bits per heavy atom. The third-order valence-electron chi connectivity index (χ3n) is 4.50. The Balaban J connectivity index is 1.53. The lowest BCUT2D eigenvalue weighted by atomic mass is 10.0. The lowest BCUT2D eigenvalue weighted by Gasteiger charge is -2.39. The number of likely N-dealkylation sites (tertiary alicyclic amines) is 1. The summed E-state index contributed by atoms with van der Waals surface area (Å²) in [5, 5.41) is 0.919. The average molecular weight is 335 g/mol. The first-order valence-corrected chi connectivity index (χ1v) is 9.45. The van der Waals surface area contributed by atoms with Crippen LogP contribution < -0.4 is 0 Å². The summed E-state index contributed by atoms with van der Waals surface area (Å²) in [4.78, 5) is 21.5. The number of carbonyl (C=O) groups excluding carboxylic acids is 1. The Morgan fingerprint density at radius 1 is 1.26 bits per heavy atom. The summed E-state index contributed by atoms with van der Waals surface area (Å²) in [7, 11) is 0. The average Bonchev–Trinajstić information content (AvgIpc) is 2.62. The fourth-order valence-electron chi connectivity index (χ4n) is 3.25. The van der Waals surface area contributed by atoms with Crippen LogP contribution in [0.25, 0.3) is 0 Å². The van der Waals surface area contributed by atoms with Crippen LogP contribution in [0.3, 0.4) is 0 Å². The monoisotopic (exact) mass is 335 g/mol. The van der Waals surface area contributed by atoms with Gasteiger partial charge in [-0.25, -0.2) is 4.98 Å². The van der Waals surface area contributed by atoms with E-state index in [1.807, 2.05) is 18.2 Å². The molecule has 0 aromatic carbocycles. The van der Waals surface area contributed by atoms with Crippen molar-refractivity contribution < 1.29 is 9.53 Å². The van der Waals surface area contributed by atoms with Crippen LogP contribution in [-0.4, -0.2) is 71.9 Å². The maximum atomic E-state index is 12.7. The Labute approximate surface area is 142 Å². The van der Waals surface area contributed by atoms with Crippen LogP contribution in [-0.2, 0) is 9.53 Å². The number of amides is 1. The lowest BCUT2D eigenvalue weighted by molar-refractivity contribution is -0.132. The summed E-state index contributed by atoms with van der Waals surface area (Å²) in [5.41, 5.74) is 0. The van der Waals surface area contributed by atoms with Gasteiger partial charge in [-0.3, -0.25) is 9.69 Å². The molecule has 6 heteroatoms. The van der Waals surface area contributed by atoms with Crippen molar-refractivity contribution in [1.29, 1.82) is 0 Å². The molecule has 126 valence electrons. The molecular weight excluding hydrogens is 310 g/mol. The second-order valence-electron chi connectivity index (χ2n) is 6.11. The summed E-state index contributed by atoms with van der Waals surface area (Å²) in [6.07, 6.45) is 5.25. The van der Waals surface area contributed by atoms with E-state index in [1.54, 1.807) is 6.20 Å². The number of pyridine rings is 1. The number of ether oxygens (including phenoxy) is 1. The van der Waals surface area contributed by atoms with E-state index in [-0.39, 0.29) is 5.91 Å². The molecular formula is C17H25N3O2S. The summed E-state index contributed by atoms with van der Waals surface area (Å²) >= 11 is 1.53. The molecule has 0 spiro atoms. The minimum Gasteiger partial charge on any atom is -0.379 e. The summed E-state index contributed by atoms with van der Waals surface area (Å²) < 4.78 is 5.42. The second kappa shape index (κ2) is 8.66. The molecule has 2 fully saturated rings. The molecule has 0 N–H and O–H groups in total. The van der Waals surface area contributed by atoms with Crippen LogP contribution in [0.4, 0.5) is 0 Å². The molecule has 3 rings (SSSR count). The highest BCUT2D eigenvalue weighted by Crippen LogP contribution is 2.21. The predicted octanol–water partition coefficient (Wildman–Crippen LogP) is 1.89. The summed E-state index contributed by atoms with van der Waals surface area (Å²) in [5.74, 6) is 0.731. The number of nitrogens with zero attached hydrogens (tertiary/aromatic N) is 3. The van der Waals surface area contributed by atoms with E-state index in [9.17, 15) is 4.79 Å². The molecule has 1 atom stereocenters. The van der Waals surface area contributed by atoms with Gasteiger partial charge in [0.25, 0.3) is 0 Å². The molecule has 2 aliphatic heterocycles. The van der Waals surface area contributed by atoms with Crippen molar-refractivity contribution in [2.45, 2.75) is 30.3 Å². The molecule has 23 heavy (non-hydrogen) atoms. The van der Waals surface area contributed by atoms with Crippen LogP contribution in [0, 0.1) is 0 Å². The smallest absolute Gasteiger partial charge is 0.233 e.